The average Bonchev–Trinajstić information content (AvgIpc) is 1.64. The van der Waals surface area contributed by atoms with E-state index in [0.717, 1.165) is 81.0 Å². The van der Waals surface area contributed by atoms with Crippen molar-refractivity contribution >= 4 is 245 Å². The molecule has 124 heavy (non-hydrogen) atoms. The van der Waals surface area contributed by atoms with Crippen LogP contribution in [0.25, 0.3) is 85.5 Å². The highest BCUT2D eigenvalue weighted by Gasteiger charge is 2.18. The molecule has 2 amide bonds. The molecule has 0 aliphatic heterocycles. The summed E-state index contributed by atoms with van der Waals surface area (Å²) in [5, 5.41) is 29.1. The molecule has 0 unspecified atom stereocenters. The molecule has 0 fully saturated rings. The number of carbonyl (C=O) groups is 3. The Labute approximate surface area is 725 Å². The number of fused-ring (bicyclic) bond motifs is 8. The second-order valence-electron chi connectivity index (χ2n) is 23.7. The molecule has 0 radical (unpaired) electrons. The molecule has 50 heteroatoms. The molecule has 0 aliphatic carbocycles. The van der Waals surface area contributed by atoms with Gasteiger partial charge in [0.2, 0.25) is 17.8 Å². The first-order valence-corrected chi connectivity index (χ1v) is 40.7. The summed E-state index contributed by atoms with van der Waals surface area (Å²) in [6, 6.07) is 19.9. The zero-order valence-corrected chi connectivity index (χ0v) is 70.9. The Morgan fingerprint density at radius 2 is 0.895 bits per heavy atom. The smallest absolute Gasteiger partial charge is 0.413 e. The number of nitrogens with one attached hydrogen (secondary N) is 6. The number of imidazole rings is 3. The maximum Gasteiger partial charge on any atom is 0.413 e. The molecular weight excluding hydrogens is 1720 g/mol. The highest BCUT2D eigenvalue weighted by atomic mass is 32.1. The molecule has 18 rings (SSSR count). The minimum absolute atomic E-state index is 0.00922. The lowest BCUT2D eigenvalue weighted by Gasteiger charge is -2.07. The summed E-state index contributed by atoms with van der Waals surface area (Å²) < 4.78 is 20.5. The number of nitrogens with two attached hydrogens (primary N) is 2. The summed E-state index contributed by atoms with van der Waals surface area (Å²) in [6.07, 6.45) is 26.8. The number of para-hydroxylation sites is 2. The minimum atomic E-state index is -0.598. The molecule has 0 saturated carbocycles. The number of hydrogen-bond acceptors (Lipinski definition) is 44. The number of aliphatic hydroxyl groups is 1. The molecule has 15 aromatic heterocycles. The molecule has 0 spiro atoms. The van der Waals surface area contributed by atoms with Crippen LogP contribution in [0.15, 0.2) is 160 Å². The molecule has 0 atom stereocenters. The van der Waals surface area contributed by atoms with Crippen molar-refractivity contribution in [2.75, 3.05) is 71.1 Å². The third-order valence-electron chi connectivity index (χ3n) is 15.5. The Morgan fingerprint density at radius 3 is 1.34 bits per heavy atom. The molecule has 0 aliphatic rings. The standard InChI is InChI=1S/C19H20N6O3S.C15H14N6S.C13H10N6S.C8H8N4O2S.C8H10N4O2S.C5H4N4S.C4H5N3.2CO2/c1-25-14-5-4-12(15(27)3-2-9-28-10-8-26)11-13(14)22-18(25)24-19-23-16-17(29-19)21-7-6-20-16;1-3-9-4-5-11-10(8-9)18-14(21(11)2)20-15-19-12-13(22-15)17-7-6-16-12;1-19-9-5-3-2-4-8(9)16-12(19)18-13-17-10-11(20-13)15-7-6-14-10;1-2-14-8(13)12-7-11-5-6(15-7)10-4-3-9-5;1-2-14-8(13)12-7(15)11-6-5-9-3-4-10-6;6-5-9-3-4(10-5)8-2-1-7-3;5-4-3-6-1-2-7-4;2*2-1-3/h4-7,11,26H,2-3,8-10H2,1H3,(H,20,22,23,24);4-8H,3H2,1-2H3,(H,16,18,19,20);2-7H,1H3,(H,14,16,17,18);3-4H,2H2,1H3,(H,9,11,12,13);3-5H,2H2,1H3,(H2,10,11,12,13,15);1-2H,(H2,6,7,9);1-3H,(H2,5,7);;. The van der Waals surface area contributed by atoms with Crippen LogP contribution in [0.5, 0.6) is 0 Å². The normalized spacial score (nSPS) is 10.3. The van der Waals surface area contributed by atoms with E-state index < -0.39 is 12.2 Å². The zero-order valence-electron chi connectivity index (χ0n) is 66.0. The predicted octanol–water partition coefficient (Wildman–Crippen LogP) is 10.8. The fourth-order valence-electron chi connectivity index (χ4n) is 10.2. The van der Waals surface area contributed by atoms with Gasteiger partial charge in [0.25, 0.3) is 0 Å². The fourth-order valence-corrected chi connectivity index (χ4v) is 14.1. The monoisotopic (exact) mass is 1790 g/mol. The molecule has 11 N–H and O–H groups in total. The van der Waals surface area contributed by atoms with Crippen LogP contribution in [0, 0.1) is 0 Å². The van der Waals surface area contributed by atoms with E-state index in [1.807, 2.05) is 71.2 Å². The van der Waals surface area contributed by atoms with E-state index in [1.165, 1.54) is 87.0 Å². The largest absolute Gasteiger partial charge is 0.450 e. The van der Waals surface area contributed by atoms with Crippen LogP contribution >= 0.6 is 68.9 Å². The number of rotatable bonds is 18. The second kappa shape index (κ2) is 47.0. The van der Waals surface area contributed by atoms with Gasteiger partial charge >= 0.3 is 24.5 Å². The Hall–Kier alpha value is -15.1. The van der Waals surface area contributed by atoms with E-state index in [4.69, 9.17) is 57.4 Å². The number of aromatic nitrogens is 25. The topological polar surface area (TPSA) is 590 Å². The van der Waals surface area contributed by atoms with Gasteiger partial charge in [-0.3, -0.25) is 25.4 Å². The number of Topliss-reactive ketones (excluding diaryl/α,β-unsaturated/α-hetero) is 1. The Kier molecular flexibility index (Phi) is 34.6. The highest BCUT2D eigenvalue weighted by molar-refractivity contribution is 7.80. The number of thiocarbonyl (C=S) groups is 1. The number of aryl methyl sites for hydroxylation is 4. The lowest BCUT2D eigenvalue weighted by molar-refractivity contribution is -0.193. The minimum Gasteiger partial charge on any atom is -0.450 e. The number of amides is 2. The average molecular weight is 1790 g/mol. The quantitative estimate of drug-likeness (QED) is 0.0219. The number of alkyl carbamates (subject to hydrolysis) is 1. The highest BCUT2D eigenvalue weighted by Crippen LogP contribution is 2.32. The second-order valence-corrected chi connectivity index (χ2v) is 29.0. The summed E-state index contributed by atoms with van der Waals surface area (Å²) >= 11 is 11.8. The summed E-state index contributed by atoms with van der Waals surface area (Å²) in [6.45, 7) is 6.95. The van der Waals surface area contributed by atoms with Crippen molar-refractivity contribution in [3.05, 3.63) is 171 Å². The fraction of sp³-hybridized carbons (Fsp3) is 0.189. The van der Waals surface area contributed by atoms with E-state index in [-0.39, 0.29) is 29.8 Å². The summed E-state index contributed by atoms with van der Waals surface area (Å²) in [5.41, 5.74) is 21.3. The van der Waals surface area contributed by atoms with Gasteiger partial charge in [-0.05, 0) is 86.9 Å². The zero-order chi connectivity index (χ0) is 88.1. The van der Waals surface area contributed by atoms with E-state index in [0.29, 0.717) is 111 Å². The van der Waals surface area contributed by atoms with Crippen LogP contribution in [0.2, 0.25) is 0 Å². The lowest BCUT2D eigenvalue weighted by atomic mass is 10.1. The number of carbonyl (C=O) groups excluding carboxylic acids is 7. The summed E-state index contributed by atoms with van der Waals surface area (Å²) in [4.78, 5) is 162. The first-order chi connectivity index (χ1) is 60.3. The number of benzene rings is 3. The van der Waals surface area contributed by atoms with Crippen molar-refractivity contribution in [3.63, 3.8) is 0 Å². The number of ether oxygens (including phenoxy) is 3. The number of aliphatic hydroxyl groups excluding tert-OH is 1. The number of nitrogen functional groups attached to an aromatic ring is 2. The number of ketones is 1. The third-order valence-corrected chi connectivity index (χ3v) is 20.0. The molecule has 0 bridgehead atoms. The Morgan fingerprint density at radius 1 is 0.468 bits per heavy atom. The van der Waals surface area contributed by atoms with Crippen LogP contribution in [-0.2, 0) is 61.0 Å². The van der Waals surface area contributed by atoms with Crippen molar-refractivity contribution in [1.29, 1.82) is 0 Å². The van der Waals surface area contributed by atoms with Crippen molar-refractivity contribution in [2.24, 2.45) is 21.1 Å². The molecule has 634 valence electrons. The first-order valence-electron chi connectivity index (χ1n) is 36.2. The summed E-state index contributed by atoms with van der Waals surface area (Å²) in [7, 11) is 5.87. The lowest BCUT2D eigenvalue weighted by Crippen LogP contribution is -2.34. The molecule has 3 aromatic carbocycles. The SMILES string of the molecule is CCOC(=O)NC(=S)Nc1cnccn1.CCOC(=O)Nc1nc2nccnc2s1.CCc1ccc2c(c1)nc(Nc1nc3nccnc3s1)n2C.Cn1c(Nc2nc3nccnc3s2)nc2cc(C(=O)CCCOCCO)ccc21.Cn1c(Nc2nc3nccnc3s2)nc2ccccc21.Nc1cnccn1.Nc1nc2nccnc2s1.O=C=O.O=C=O. The van der Waals surface area contributed by atoms with Crippen LogP contribution in [0.4, 0.5) is 64.7 Å². The molecular formula is C74H71N33O11S6. The number of nitrogens with zero attached hydrogens (tertiary/aromatic N) is 25. The van der Waals surface area contributed by atoms with Gasteiger partial charge in [-0.25, -0.2) is 84.3 Å². The van der Waals surface area contributed by atoms with E-state index in [9.17, 15) is 14.4 Å². The van der Waals surface area contributed by atoms with Gasteiger partial charge in [-0.15, -0.1) is 0 Å². The van der Waals surface area contributed by atoms with Crippen molar-refractivity contribution in [2.45, 2.75) is 40.0 Å². The first kappa shape index (κ1) is 91.2. The molecule has 18 aromatic rings. The van der Waals surface area contributed by atoms with Gasteiger partial charge in [-0.2, -0.15) is 44.1 Å². The number of thiazole rings is 5. The maximum atomic E-state index is 12.4. The van der Waals surface area contributed by atoms with Gasteiger partial charge in [0.15, 0.2) is 94.8 Å². The predicted molar refractivity (Wildman–Crippen MR) is 469 cm³/mol. The Bertz CT molecular complexity index is 6440. The molecule has 44 nitrogen and oxygen atoms in total. The third kappa shape index (κ3) is 26.7. The van der Waals surface area contributed by atoms with Gasteiger partial charge in [0.05, 0.1) is 71.9 Å². The van der Waals surface area contributed by atoms with Crippen LogP contribution in [0.1, 0.15) is 49.5 Å². The number of anilines is 10. The number of hydrogen-bond donors (Lipinski definition) is 9. The van der Waals surface area contributed by atoms with Crippen molar-refractivity contribution in [3.8, 4) is 0 Å². The van der Waals surface area contributed by atoms with Gasteiger partial charge in [0.1, 0.15) is 5.82 Å². The van der Waals surface area contributed by atoms with E-state index in [2.05, 4.69) is 171 Å². The molecule has 15 heterocycles. The molecule has 0 saturated heterocycles. The summed E-state index contributed by atoms with van der Waals surface area (Å²) in [5.74, 6) is 3.11. The Balaban J connectivity index is 0.000000154. The van der Waals surface area contributed by atoms with Crippen LogP contribution in [0.3, 0.4) is 0 Å². The van der Waals surface area contributed by atoms with E-state index in [1.54, 1.807) is 94.3 Å². The van der Waals surface area contributed by atoms with Gasteiger partial charge in [0, 0.05) is 126 Å². The van der Waals surface area contributed by atoms with Crippen LogP contribution < -0.4 is 43.4 Å². The van der Waals surface area contributed by atoms with E-state index >= 15 is 0 Å². The van der Waals surface area contributed by atoms with Gasteiger partial charge < -0.3 is 65.8 Å². The van der Waals surface area contributed by atoms with Crippen molar-refractivity contribution < 1.29 is 52.9 Å². The van der Waals surface area contributed by atoms with Gasteiger partial charge in [-0.1, -0.05) is 81.8 Å². The van der Waals surface area contributed by atoms with Crippen molar-refractivity contribution in [1.82, 2.24) is 129 Å². The van der Waals surface area contributed by atoms with Crippen LogP contribution in [-0.4, -0.2) is 197 Å². The maximum absolute atomic E-state index is 12.4.